The average Bonchev–Trinajstić information content (AvgIpc) is 2.49. The quantitative estimate of drug-likeness (QED) is 0.875. The molecule has 1 aromatic rings. The summed E-state index contributed by atoms with van der Waals surface area (Å²) in [5.74, 6) is 3.50. The maximum atomic E-state index is 5.79. The molecule has 2 rings (SSSR count). The molecule has 2 unspecified atom stereocenters. The molecule has 1 aliphatic rings. The van der Waals surface area contributed by atoms with Crippen LogP contribution in [0.1, 0.15) is 42.7 Å². The molecule has 0 spiro atoms. The molecular formula is C16H27N3OS. The van der Waals surface area contributed by atoms with Crippen LogP contribution in [0, 0.1) is 19.8 Å². The van der Waals surface area contributed by atoms with E-state index in [9.17, 15) is 0 Å². The molecule has 0 bridgehead atoms. The van der Waals surface area contributed by atoms with Gasteiger partial charge in [0, 0.05) is 22.9 Å². The summed E-state index contributed by atoms with van der Waals surface area (Å²) in [6.45, 7) is 11.5. The first-order chi connectivity index (χ1) is 10.1. The Balaban J connectivity index is 2.09. The number of hydrogen-bond acceptors (Lipinski definition) is 5. The van der Waals surface area contributed by atoms with Crippen molar-refractivity contribution in [1.82, 2.24) is 15.3 Å². The maximum absolute atomic E-state index is 5.79. The van der Waals surface area contributed by atoms with Gasteiger partial charge >= 0.3 is 0 Å². The number of rotatable bonds is 6. The topological polar surface area (TPSA) is 47.0 Å². The van der Waals surface area contributed by atoms with E-state index in [2.05, 4.69) is 33.0 Å². The highest BCUT2D eigenvalue weighted by Gasteiger charge is 2.21. The lowest BCUT2D eigenvalue weighted by Gasteiger charge is -2.23. The van der Waals surface area contributed by atoms with Gasteiger partial charge < -0.3 is 10.1 Å². The molecule has 0 amide bonds. The molecule has 118 valence electrons. The van der Waals surface area contributed by atoms with E-state index in [1.807, 2.05) is 11.8 Å². The zero-order valence-electron chi connectivity index (χ0n) is 13.6. The van der Waals surface area contributed by atoms with Crippen LogP contribution in [0.3, 0.4) is 0 Å². The SMILES string of the molecule is CCNCC(C)Cc1c(C)nc(C2CSCCO2)nc1C. The molecule has 0 saturated carbocycles. The summed E-state index contributed by atoms with van der Waals surface area (Å²) < 4.78 is 5.79. The molecule has 1 fully saturated rings. The molecule has 2 atom stereocenters. The zero-order chi connectivity index (χ0) is 15.2. The smallest absolute Gasteiger partial charge is 0.158 e. The number of nitrogens with one attached hydrogen (secondary N) is 1. The highest BCUT2D eigenvalue weighted by Crippen LogP contribution is 2.26. The van der Waals surface area contributed by atoms with Crippen molar-refractivity contribution in [2.45, 2.75) is 40.2 Å². The van der Waals surface area contributed by atoms with Gasteiger partial charge in [-0.25, -0.2) is 9.97 Å². The van der Waals surface area contributed by atoms with Gasteiger partial charge in [-0.15, -0.1) is 0 Å². The summed E-state index contributed by atoms with van der Waals surface area (Å²) >= 11 is 1.92. The van der Waals surface area contributed by atoms with Crippen molar-refractivity contribution in [3.8, 4) is 0 Å². The number of aryl methyl sites for hydroxylation is 2. The van der Waals surface area contributed by atoms with E-state index in [-0.39, 0.29) is 6.10 Å². The first kappa shape index (κ1) is 16.7. The summed E-state index contributed by atoms with van der Waals surface area (Å²) in [5.41, 5.74) is 3.52. The van der Waals surface area contributed by atoms with E-state index in [1.54, 1.807) is 0 Å². The molecule has 21 heavy (non-hydrogen) atoms. The second-order valence-corrected chi connectivity index (χ2v) is 6.93. The van der Waals surface area contributed by atoms with Crippen LogP contribution < -0.4 is 5.32 Å². The van der Waals surface area contributed by atoms with Gasteiger partial charge in [-0.05, 0) is 44.8 Å². The second kappa shape index (κ2) is 8.11. The highest BCUT2D eigenvalue weighted by molar-refractivity contribution is 7.99. The van der Waals surface area contributed by atoms with E-state index in [4.69, 9.17) is 14.7 Å². The summed E-state index contributed by atoms with van der Waals surface area (Å²) in [7, 11) is 0. The standard InChI is InChI=1S/C16H27N3OS/c1-5-17-9-11(2)8-14-12(3)18-16(19-13(14)4)15-10-21-7-6-20-15/h11,15,17H,5-10H2,1-4H3. The molecule has 0 aliphatic carbocycles. The molecule has 1 aromatic heterocycles. The molecule has 1 saturated heterocycles. The first-order valence-electron chi connectivity index (χ1n) is 7.85. The van der Waals surface area contributed by atoms with Crippen molar-refractivity contribution in [2.75, 3.05) is 31.2 Å². The fraction of sp³-hybridized carbons (Fsp3) is 0.750. The number of hydrogen-bond donors (Lipinski definition) is 1. The Morgan fingerprint density at radius 3 is 2.62 bits per heavy atom. The normalized spacial score (nSPS) is 20.5. The van der Waals surface area contributed by atoms with Crippen LogP contribution in [0.4, 0.5) is 0 Å². The molecule has 5 heteroatoms. The van der Waals surface area contributed by atoms with Crippen LogP contribution in [0.15, 0.2) is 0 Å². The van der Waals surface area contributed by atoms with Gasteiger partial charge in [-0.1, -0.05) is 13.8 Å². The fourth-order valence-corrected chi connectivity index (χ4v) is 3.49. The third-order valence-corrected chi connectivity index (χ3v) is 4.83. The van der Waals surface area contributed by atoms with Gasteiger partial charge in [0.05, 0.1) is 6.61 Å². The van der Waals surface area contributed by atoms with E-state index < -0.39 is 0 Å². The van der Waals surface area contributed by atoms with E-state index in [0.717, 1.165) is 54.8 Å². The van der Waals surface area contributed by atoms with Gasteiger partial charge in [0.15, 0.2) is 5.82 Å². The van der Waals surface area contributed by atoms with E-state index in [0.29, 0.717) is 5.92 Å². The monoisotopic (exact) mass is 309 g/mol. The zero-order valence-corrected chi connectivity index (χ0v) is 14.4. The minimum absolute atomic E-state index is 0.0642. The maximum Gasteiger partial charge on any atom is 0.158 e. The molecular weight excluding hydrogens is 282 g/mol. The van der Waals surface area contributed by atoms with Crippen molar-refractivity contribution in [2.24, 2.45) is 5.92 Å². The Kier molecular flexibility index (Phi) is 6.45. The summed E-state index contributed by atoms with van der Waals surface area (Å²) in [5, 5.41) is 3.41. The largest absolute Gasteiger partial charge is 0.368 e. The Labute approximate surface area is 132 Å². The lowest BCUT2D eigenvalue weighted by molar-refractivity contribution is 0.0691. The third kappa shape index (κ3) is 4.66. The van der Waals surface area contributed by atoms with Crippen LogP contribution in [0.2, 0.25) is 0 Å². The Hall–Kier alpha value is -0.650. The van der Waals surface area contributed by atoms with Crippen molar-refractivity contribution in [3.63, 3.8) is 0 Å². The third-order valence-electron chi connectivity index (χ3n) is 3.84. The number of aromatic nitrogens is 2. The van der Waals surface area contributed by atoms with Crippen molar-refractivity contribution >= 4 is 11.8 Å². The van der Waals surface area contributed by atoms with E-state index >= 15 is 0 Å². The Bertz CT molecular complexity index is 438. The Morgan fingerprint density at radius 1 is 1.33 bits per heavy atom. The lowest BCUT2D eigenvalue weighted by atomic mass is 9.98. The summed E-state index contributed by atoms with van der Waals surface area (Å²) in [6, 6.07) is 0. The van der Waals surface area contributed by atoms with Crippen molar-refractivity contribution < 1.29 is 4.74 Å². The van der Waals surface area contributed by atoms with Crippen LogP contribution in [-0.4, -0.2) is 41.2 Å². The van der Waals surface area contributed by atoms with E-state index in [1.165, 1.54) is 5.56 Å². The van der Waals surface area contributed by atoms with Gasteiger partial charge in [-0.3, -0.25) is 0 Å². The number of thioether (sulfide) groups is 1. The molecule has 2 heterocycles. The highest BCUT2D eigenvalue weighted by atomic mass is 32.2. The van der Waals surface area contributed by atoms with Gasteiger partial charge in [0.25, 0.3) is 0 Å². The molecule has 0 aromatic carbocycles. The molecule has 4 nitrogen and oxygen atoms in total. The second-order valence-electron chi connectivity index (χ2n) is 5.78. The minimum atomic E-state index is 0.0642. The van der Waals surface area contributed by atoms with Gasteiger partial charge in [-0.2, -0.15) is 11.8 Å². The number of nitrogens with zero attached hydrogens (tertiary/aromatic N) is 2. The Morgan fingerprint density at radius 2 is 2.05 bits per heavy atom. The predicted molar refractivity (Wildman–Crippen MR) is 88.9 cm³/mol. The fourth-order valence-electron chi connectivity index (χ4n) is 2.65. The lowest BCUT2D eigenvalue weighted by Crippen LogP contribution is -2.23. The average molecular weight is 309 g/mol. The van der Waals surface area contributed by atoms with Crippen molar-refractivity contribution in [1.29, 1.82) is 0 Å². The predicted octanol–water partition coefficient (Wildman–Crippen LogP) is 2.69. The molecule has 1 aliphatic heterocycles. The molecule has 1 N–H and O–H groups in total. The summed E-state index contributed by atoms with van der Waals surface area (Å²) in [4.78, 5) is 9.44. The van der Waals surface area contributed by atoms with Gasteiger partial charge in [0.2, 0.25) is 0 Å². The van der Waals surface area contributed by atoms with Crippen molar-refractivity contribution in [3.05, 3.63) is 22.8 Å². The number of ether oxygens (including phenoxy) is 1. The van der Waals surface area contributed by atoms with Gasteiger partial charge in [0.1, 0.15) is 6.10 Å². The van der Waals surface area contributed by atoms with Crippen LogP contribution in [0.25, 0.3) is 0 Å². The minimum Gasteiger partial charge on any atom is -0.368 e. The van der Waals surface area contributed by atoms with Crippen LogP contribution in [-0.2, 0) is 11.2 Å². The molecule has 0 radical (unpaired) electrons. The van der Waals surface area contributed by atoms with Crippen LogP contribution >= 0.6 is 11.8 Å². The first-order valence-corrected chi connectivity index (χ1v) is 9.01. The van der Waals surface area contributed by atoms with Crippen LogP contribution in [0.5, 0.6) is 0 Å². The summed E-state index contributed by atoms with van der Waals surface area (Å²) in [6.07, 6.45) is 1.10.